The highest BCUT2D eigenvalue weighted by Gasteiger charge is 2.19. The summed E-state index contributed by atoms with van der Waals surface area (Å²) < 4.78 is 35.9. The van der Waals surface area contributed by atoms with Crippen molar-refractivity contribution in [1.82, 2.24) is 9.44 Å². The molecule has 0 spiro atoms. The van der Waals surface area contributed by atoms with Gasteiger partial charge in [0.2, 0.25) is 0 Å². The van der Waals surface area contributed by atoms with Gasteiger partial charge in [-0.2, -0.15) is 8.42 Å². The molecule has 0 unspecified atom stereocenters. The molecule has 2 amide bonds. The first kappa shape index (κ1) is 18.3. The molecule has 0 aliphatic rings. The summed E-state index contributed by atoms with van der Waals surface area (Å²) in [5.41, 5.74) is 1.37. The van der Waals surface area contributed by atoms with Crippen molar-refractivity contribution in [2.75, 3.05) is 0 Å². The molecule has 9 heteroatoms. The molecule has 25 heavy (non-hydrogen) atoms. The van der Waals surface area contributed by atoms with Gasteiger partial charge in [0.15, 0.2) is 0 Å². The average molecular weight is 364 g/mol. The van der Waals surface area contributed by atoms with Gasteiger partial charge in [0.1, 0.15) is 13.2 Å². The maximum absolute atomic E-state index is 11.7. The Balaban J connectivity index is 1.76. The van der Waals surface area contributed by atoms with Crippen LogP contribution in [0.1, 0.15) is 11.1 Å². The highest BCUT2D eigenvalue weighted by Crippen LogP contribution is 2.02. The summed E-state index contributed by atoms with van der Waals surface area (Å²) in [6.45, 7) is -0.221. The Bertz CT molecular complexity index is 746. The van der Waals surface area contributed by atoms with E-state index in [0.29, 0.717) is 11.1 Å². The third kappa shape index (κ3) is 6.92. The second kappa shape index (κ2) is 8.69. The fraction of sp³-hybridized carbons (Fsp3) is 0.125. The van der Waals surface area contributed by atoms with Crippen LogP contribution >= 0.6 is 0 Å². The molecule has 0 bridgehead atoms. The largest absolute Gasteiger partial charge is 0.444 e. The van der Waals surface area contributed by atoms with E-state index >= 15 is 0 Å². The zero-order valence-corrected chi connectivity index (χ0v) is 13.9. The Labute approximate surface area is 144 Å². The molecule has 0 aliphatic carbocycles. The quantitative estimate of drug-likeness (QED) is 0.812. The minimum absolute atomic E-state index is 0.110. The van der Waals surface area contributed by atoms with E-state index in [1.165, 1.54) is 0 Å². The first-order valence-corrected chi connectivity index (χ1v) is 8.65. The number of rotatable bonds is 6. The summed E-state index contributed by atoms with van der Waals surface area (Å²) >= 11 is 0. The summed E-state index contributed by atoms with van der Waals surface area (Å²) in [5, 5.41) is 0. The van der Waals surface area contributed by atoms with E-state index in [4.69, 9.17) is 9.47 Å². The average Bonchev–Trinajstić information content (AvgIpc) is 2.59. The highest BCUT2D eigenvalue weighted by molar-refractivity contribution is 7.88. The molecule has 0 aromatic heterocycles. The van der Waals surface area contributed by atoms with Crippen molar-refractivity contribution in [3.63, 3.8) is 0 Å². The van der Waals surface area contributed by atoms with Gasteiger partial charge in [0, 0.05) is 0 Å². The van der Waals surface area contributed by atoms with Gasteiger partial charge >= 0.3 is 22.4 Å². The molecule has 0 fully saturated rings. The molecule has 2 aromatic rings. The predicted octanol–water partition coefficient (Wildman–Crippen LogP) is 2.08. The van der Waals surface area contributed by atoms with Crippen molar-refractivity contribution in [2.24, 2.45) is 0 Å². The second-order valence-corrected chi connectivity index (χ2v) is 6.25. The smallest absolute Gasteiger partial charge is 0.422 e. The number of hydrogen-bond donors (Lipinski definition) is 2. The van der Waals surface area contributed by atoms with Gasteiger partial charge < -0.3 is 9.47 Å². The van der Waals surface area contributed by atoms with E-state index in [0.717, 1.165) is 0 Å². The van der Waals surface area contributed by atoms with Crippen LogP contribution in [0.15, 0.2) is 60.7 Å². The Morgan fingerprint density at radius 2 is 1.08 bits per heavy atom. The van der Waals surface area contributed by atoms with Crippen LogP contribution in [0.2, 0.25) is 0 Å². The molecule has 2 N–H and O–H groups in total. The second-order valence-electron chi connectivity index (χ2n) is 4.83. The Morgan fingerprint density at radius 3 is 1.44 bits per heavy atom. The van der Waals surface area contributed by atoms with Gasteiger partial charge in [-0.15, -0.1) is 0 Å². The zero-order chi connectivity index (χ0) is 18.1. The number of nitrogens with one attached hydrogen (secondary N) is 2. The van der Waals surface area contributed by atoms with Crippen LogP contribution in [0.25, 0.3) is 0 Å². The maximum Gasteiger partial charge on any atom is 0.422 e. The minimum Gasteiger partial charge on any atom is -0.444 e. The van der Waals surface area contributed by atoms with E-state index in [9.17, 15) is 18.0 Å². The molecule has 2 rings (SSSR count). The SMILES string of the molecule is O=C(NS(=O)(=O)NC(=O)OCc1ccccc1)OCc1ccccc1. The fourth-order valence-corrected chi connectivity index (χ4v) is 2.36. The number of ether oxygens (including phenoxy) is 2. The fourth-order valence-electron chi connectivity index (χ4n) is 1.75. The van der Waals surface area contributed by atoms with Crippen LogP contribution in [0.5, 0.6) is 0 Å². The van der Waals surface area contributed by atoms with Crippen LogP contribution in [0.3, 0.4) is 0 Å². The van der Waals surface area contributed by atoms with Crippen molar-refractivity contribution in [3.05, 3.63) is 71.8 Å². The molecule has 0 heterocycles. The zero-order valence-electron chi connectivity index (χ0n) is 13.0. The highest BCUT2D eigenvalue weighted by atomic mass is 32.2. The van der Waals surface area contributed by atoms with Gasteiger partial charge in [-0.05, 0) is 11.1 Å². The number of hydrogen-bond acceptors (Lipinski definition) is 6. The molecule has 0 saturated heterocycles. The normalized spacial score (nSPS) is 10.6. The number of amides is 2. The Hall–Kier alpha value is -3.07. The van der Waals surface area contributed by atoms with E-state index in [2.05, 4.69) is 0 Å². The van der Waals surface area contributed by atoms with Crippen molar-refractivity contribution < 1.29 is 27.5 Å². The summed E-state index contributed by atoms with van der Waals surface area (Å²) in [6, 6.07) is 17.4. The van der Waals surface area contributed by atoms with Crippen molar-refractivity contribution in [2.45, 2.75) is 13.2 Å². The van der Waals surface area contributed by atoms with Crippen molar-refractivity contribution >= 4 is 22.4 Å². The summed E-state index contributed by atoms with van der Waals surface area (Å²) in [5.74, 6) is 0. The number of benzene rings is 2. The Kier molecular flexibility index (Phi) is 6.35. The van der Waals surface area contributed by atoms with Gasteiger partial charge in [-0.3, -0.25) is 0 Å². The molecule has 2 aromatic carbocycles. The van der Waals surface area contributed by atoms with Crippen LogP contribution < -0.4 is 9.44 Å². The van der Waals surface area contributed by atoms with E-state index in [1.54, 1.807) is 70.1 Å². The monoisotopic (exact) mass is 364 g/mol. The molecular weight excluding hydrogens is 348 g/mol. The van der Waals surface area contributed by atoms with Crippen LogP contribution in [0, 0.1) is 0 Å². The van der Waals surface area contributed by atoms with Crippen LogP contribution in [0.4, 0.5) is 9.59 Å². The van der Waals surface area contributed by atoms with Crippen LogP contribution in [-0.2, 0) is 32.9 Å². The van der Waals surface area contributed by atoms with E-state index < -0.39 is 22.4 Å². The van der Waals surface area contributed by atoms with Crippen LogP contribution in [-0.4, -0.2) is 20.6 Å². The Morgan fingerprint density at radius 1 is 0.720 bits per heavy atom. The predicted molar refractivity (Wildman–Crippen MR) is 88.4 cm³/mol. The summed E-state index contributed by atoms with van der Waals surface area (Å²) in [4.78, 5) is 23.0. The minimum atomic E-state index is -4.44. The van der Waals surface area contributed by atoms with Crippen molar-refractivity contribution in [1.29, 1.82) is 0 Å². The summed E-state index contributed by atoms with van der Waals surface area (Å²) in [7, 11) is -4.44. The summed E-state index contributed by atoms with van der Waals surface area (Å²) in [6.07, 6.45) is -2.43. The lowest BCUT2D eigenvalue weighted by atomic mass is 10.2. The number of carbonyl (C=O) groups excluding carboxylic acids is 2. The molecular formula is C16H16N2O6S. The van der Waals surface area contributed by atoms with Gasteiger partial charge in [0.05, 0.1) is 0 Å². The third-order valence-electron chi connectivity index (χ3n) is 2.86. The van der Waals surface area contributed by atoms with Gasteiger partial charge in [-0.1, -0.05) is 60.7 Å². The molecule has 0 saturated carbocycles. The lowest BCUT2D eigenvalue weighted by Crippen LogP contribution is -2.43. The van der Waals surface area contributed by atoms with Crippen molar-refractivity contribution in [3.8, 4) is 0 Å². The molecule has 132 valence electrons. The standard InChI is InChI=1S/C16H16N2O6S/c19-15(23-11-13-7-3-1-4-8-13)17-25(21,22)18-16(20)24-12-14-9-5-2-6-10-14/h1-10H,11-12H2,(H,17,19)(H,18,20). The van der Waals surface area contributed by atoms with Gasteiger partial charge in [-0.25, -0.2) is 19.0 Å². The number of carbonyl (C=O) groups is 2. The molecule has 0 radical (unpaired) electrons. The first-order chi connectivity index (χ1) is 11.9. The van der Waals surface area contributed by atoms with Gasteiger partial charge in [0.25, 0.3) is 0 Å². The molecule has 0 aliphatic heterocycles. The van der Waals surface area contributed by atoms with E-state index in [-0.39, 0.29) is 13.2 Å². The topological polar surface area (TPSA) is 111 Å². The molecule has 8 nitrogen and oxygen atoms in total. The molecule has 0 atom stereocenters. The third-order valence-corrected chi connectivity index (χ3v) is 3.73. The van der Waals surface area contributed by atoms with E-state index in [1.807, 2.05) is 0 Å². The first-order valence-electron chi connectivity index (χ1n) is 7.16. The maximum atomic E-state index is 11.7. The lowest BCUT2D eigenvalue weighted by molar-refractivity contribution is 0.143. The lowest BCUT2D eigenvalue weighted by Gasteiger charge is -2.09.